The van der Waals surface area contributed by atoms with Crippen LogP contribution in [0, 0.1) is 0 Å². The van der Waals surface area contributed by atoms with Crippen molar-refractivity contribution in [3.63, 3.8) is 0 Å². The Balaban J connectivity index is 2.34. The molecule has 0 aliphatic carbocycles. The molecule has 1 N–H and O–H groups in total. The molecule has 1 fully saturated rings. The molecule has 0 unspecified atom stereocenters. The predicted octanol–water partition coefficient (Wildman–Crippen LogP) is 0.485. The average Bonchev–Trinajstić information content (AvgIpc) is 1.59. The third-order valence-corrected chi connectivity index (χ3v) is 1.40. The monoisotopic (exact) mass is 131 g/mol. The first-order valence-electron chi connectivity index (χ1n) is 3.28. The van der Waals surface area contributed by atoms with Crippen molar-refractivity contribution in [1.29, 1.82) is 0 Å². The van der Waals surface area contributed by atoms with Gasteiger partial charge in [-0.05, 0) is 13.8 Å². The van der Waals surface area contributed by atoms with Gasteiger partial charge < -0.3 is 9.94 Å². The first-order chi connectivity index (χ1) is 4.18. The van der Waals surface area contributed by atoms with Crippen molar-refractivity contribution in [2.75, 3.05) is 13.1 Å². The van der Waals surface area contributed by atoms with E-state index in [1.165, 1.54) is 5.06 Å². The van der Waals surface area contributed by atoms with E-state index in [9.17, 15) is 0 Å². The van der Waals surface area contributed by atoms with Gasteiger partial charge in [0.2, 0.25) is 0 Å². The molecular formula is C6H13NO2. The minimum atomic E-state index is 0.166. The first kappa shape index (κ1) is 6.99. The topological polar surface area (TPSA) is 32.7 Å². The number of morpholine rings is 1. The molecule has 0 aromatic heterocycles. The second-order valence-corrected chi connectivity index (χ2v) is 2.63. The second-order valence-electron chi connectivity index (χ2n) is 2.63. The highest BCUT2D eigenvalue weighted by molar-refractivity contribution is 4.66. The highest BCUT2D eigenvalue weighted by Gasteiger charge is 2.19. The van der Waals surface area contributed by atoms with Gasteiger partial charge in [-0.3, -0.25) is 0 Å². The summed E-state index contributed by atoms with van der Waals surface area (Å²) in [5.74, 6) is 0. The Kier molecular flexibility index (Phi) is 2.05. The predicted molar refractivity (Wildman–Crippen MR) is 33.4 cm³/mol. The number of hydrogen-bond donors (Lipinski definition) is 1. The van der Waals surface area contributed by atoms with Gasteiger partial charge in [0, 0.05) is 13.1 Å². The van der Waals surface area contributed by atoms with Gasteiger partial charge in [-0.1, -0.05) is 0 Å². The molecule has 0 amide bonds. The zero-order valence-electron chi connectivity index (χ0n) is 5.87. The van der Waals surface area contributed by atoms with Crippen molar-refractivity contribution in [3.05, 3.63) is 0 Å². The van der Waals surface area contributed by atoms with Gasteiger partial charge in [0.25, 0.3) is 0 Å². The first-order valence-corrected chi connectivity index (χ1v) is 3.28. The molecule has 1 heterocycles. The summed E-state index contributed by atoms with van der Waals surface area (Å²) in [7, 11) is 0. The van der Waals surface area contributed by atoms with Gasteiger partial charge in [-0.15, -0.1) is 0 Å². The van der Waals surface area contributed by atoms with E-state index in [0.717, 1.165) is 0 Å². The number of hydroxylamine groups is 2. The Morgan fingerprint density at radius 1 is 1.33 bits per heavy atom. The lowest BCUT2D eigenvalue weighted by Gasteiger charge is -2.30. The molecule has 0 aromatic carbocycles. The lowest BCUT2D eigenvalue weighted by molar-refractivity contribution is -0.188. The normalized spacial score (nSPS) is 39.0. The molecule has 1 aliphatic rings. The molecule has 0 spiro atoms. The maximum atomic E-state index is 9.00. The fraction of sp³-hybridized carbons (Fsp3) is 1.00. The van der Waals surface area contributed by atoms with E-state index in [1.807, 2.05) is 13.8 Å². The third kappa shape index (κ3) is 1.93. The molecule has 3 heteroatoms. The standard InChI is InChI=1S/C6H13NO2/c1-5-3-7(8)4-6(2)9-5/h5-6,8H,3-4H2,1-2H3/t5-,6+. The third-order valence-electron chi connectivity index (χ3n) is 1.40. The van der Waals surface area contributed by atoms with Gasteiger partial charge in [0.15, 0.2) is 0 Å². The summed E-state index contributed by atoms with van der Waals surface area (Å²) in [6, 6.07) is 0. The number of hydrogen-bond acceptors (Lipinski definition) is 3. The summed E-state index contributed by atoms with van der Waals surface area (Å²) in [6.07, 6.45) is 0.331. The van der Waals surface area contributed by atoms with Crippen LogP contribution in [-0.4, -0.2) is 35.6 Å². The van der Waals surface area contributed by atoms with Gasteiger partial charge in [0.05, 0.1) is 12.2 Å². The molecule has 0 saturated carbocycles. The van der Waals surface area contributed by atoms with Gasteiger partial charge in [-0.2, -0.15) is 5.06 Å². The van der Waals surface area contributed by atoms with E-state index in [1.54, 1.807) is 0 Å². The second kappa shape index (κ2) is 2.64. The SMILES string of the molecule is C[C@@H]1CN(O)C[C@H](C)O1. The van der Waals surface area contributed by atoms with Crippen LogP contribution >= 0.6 is 0 Å². The van der Waals surface area contributed by atoms with Crippen LogP contribution < -0.4 is 0 Å². The van der Waals surface area contributed by atoms with E-state index >= 15 is 0 Å². The molecule has 2 atom stereocenters. The Morgan fingerprint density at radius 2 is 1.78 bits per heavy atom. The van der Waals surface area contributed by atoms with Crippen molar-refractivity contribution in [2.24, 2.45) is 0 Å². The Hall–Kier alpha value is -0.120. The van der Waals surface area contributed by atoms with E-state index in [2.05, 4.69) is 0 Å². The molecule has 54 valence electrons. The van der Waals surface area contributed by atoms with E-state index in [-0.39, 0.29) is 12.2 Å². The van der Waals surface area contributed by atoms with Crippen molar-refractivity contribution < 1.29 is 9.94 Å². The zero-order valence-corrected chi connectivity index (χ0v) is 5.87. The molecule has 0 radical (unpaired) electrons. The van der Waals surface area contributed by atoms with Crippen molar-refractivity contribution in [2.45, 2.75) is 26.1 Å². The molecule has 0 bridgehead atoms. The summed E-state index contributed by atoms with van der Waals surface area (Å²) in [5.41, 5.74) is 0. The van der Waals surface area contributed by atoms with Gasteiger partial charge >= 0.3 is 0 Å². The maximum Gasteiger partial charge on any atom is 0.0701 e. The van der Waals surface area contributed by atoms with E-state index in [0.29, 0.717) is 13.1 Å². The molecule has 9 heavy (non-hydrogen) atoms. The molecular weight excluding hydrogens is 118 g/mol. The molecule has 1 saturated heterocycles. The van der Waals surface area contributed by atoms with Crippen LogP contribution in [0.2, 0.25) is 0 Å². The number of nitrogens with zero attached hydrogens (tertiary/aromatic N) is 1. The quantitative estimate of drug-likeness (QED) is 0.519. The van der Waals surface area contributed by atoms with E-state index < -0.39 is 0 Å². The molecule has 1 rings (SSSR count). The fourth-order valence-electron chi connectivity index (χ4n) is 1.15. The Morgan fingerprint density at radius 3 is 2.11 bits per heavy atom. The van der Waals surface area contributed by atoms with Crippen LogP contribution in [0.15, 0.2) is 0 Å². The summed E-state index contributed by atoms with van der Waals surface area (Å²) >= 11 is 0. The van der Waals surface area contributed by atoms with Crippen molar-refractivity contribution in [1.82, 2.24) is 5.06 Å². The largest absolute Gasteiger partial charge is 0.373 e. The van der Waals surface area contributed by atoms with Crippen LogP contribution in [0.3, 0.4) is 0 Å². The highest BCUT2D eigenvalue weighted by atomic mass is 16.5. The molecule has 0 aromatic rings. The number of rotatable bonds is 0. The number of ether oxygens (including phenoxy) is 1. The zero-order chi connectivity index (χ0) is 6.85. The summed E-state index contributed by atoms with van der Waals surface area (Å²) in [4.78, 5) is 0. The summed E-state index contributed by atoms with van der Waals surface area (Å²) in [5, 5.41) is 10.3. The van der Waals surface area contributed by atoms with Gasteiger partial charge in [0.1, 0.15) is 0 Å². The maximum absolute atomic E-state index is 9.00. The van der Waals surface area contributed by atoms with Crippen LogP contribution in [0.25, 0.3) is 0 Å². The highest BCUT2D eigenvalue weighted by Crippen LogP contribution is 2.07. The lowest BCUT2D eigenvalue weighted by Crippen LogP contribution is -2.43. The van der Waals surface area contributed by atoms with Gasteiger partial charge in [-0.25, -0.2) is 0 Å². The van der Waals surface area contributed by atoms with Crippen LogP contribution in [-0.2, 0) is 4.74 Å². The smallest absolute Gasteiger partial charge is 0.0701 e. The Labute approximate surface area is 55.2 Å². The average molecular weight is 131 g/mol. The minimum absolute atomic E-state index is 0.166. The van der Waals surface area contributed by atoms with Crippen LogP contribution in [0.5, 0.6) is 0 Å². The Bertz CT molecular complexity index is 72.0. The van der Waals surface area contributed by atoms with Crippen LogP contribution in [0.1, 0.15) is 13.8 Å². The molecule has 3 nitrogen and oxygen atoms in total. The minimum Gasteiger partial charge on any atom is -0.373 e. The molecule has 1 aliphatic heterocycles. The summed E-state index contributed by atoms with van der Waals surface area (Å²) < 4.78 is 5.35. The van der Waals surface area contributed by atoms with Crippen molar-refractivity contribution >= 4 is 0 Å². The lowest BCUT2D eigenvalue weighted by atomic mass is 10.3. The van der Waals surface area contributed by atoms with Crippen LogP contribution in [0.4, 0.5) is 0 Å². The summed E-state index contributed by atoms with van der Waals surface area (Å²) in [6.45, 7) is 5.17. The van der Waals surface area contributed by atoms with Crippen molar-refractivity contribution in [3.8, 4) is 0 Å². The fourth-order valence-corrected chi connectivity index (χ4v) is 1.15. The van der Waals surface area contributed by atoms with E-state index in [4.69, 9.17) is 9.94 Å².